The molecule has 0 spiro atoms. The molecule has 0 rings (SSSR count). The zero-order valence-corrected chi connectivity index (χ0v) is 12.1. The van der Waals surface area contributed by atoms with Crippen LogP contribution >= 0.6 is 0 Å². The van der Waals surface area contributed by atoms with E-state index in [1.54, 1.807) is 6.92 Å². The largest absolute Gasteiger partial charge is 0.480 e. The van der Waals surface area contributed by atoms with Gasteiger partial charge in [0.2, 0.25) is 0 Å². The molecule has 0 bridgehead atoms. The number of hydrogen-bond acceptors (Lipinski definition) is 3. The molecule has 102 valence electrons. The molecule has 0 amide bonds. The minimum atomic E-state index is -0.814. The smallest absolute Gasteiger partial charge is 0.323 e. The van der Waals surface area contributed by atoms with Crippen LogP contribution in [0.3, 0.4) is 0 Å². The highest BCUT2D eigenvalue weighted by Gasteiger charge is 2.32. The molecule has 0 radical (unpaired) electrons. The second kappa shape index (κ2) is 6.97. The first-order valence-corrected chi connectivity index (χ1v) is 6.37. The Morgan fingerprint density at radius 1 is 1.35 bits per heavy atom. The van der Waals surface area contributed by atoms with Gasteiger partial charge in [-0.1, -0.05) is 13.8 Å². The third-order valence-electron chi connectivity index (χ3n) is 3.15. The first kappa shape index (κ1) is 16.4. The Bertz CT molecular complexity index is 242. The zero-order chi connectivity index (χ0) is 13.6. The third-order valence-corrected chi connectivity index (χ3v) is 3.15. The number of carboxylic acids is 1. The molecule has 17 heavy (non-hydrogen) atoms. The maximum atomic E-state index is 11.3. The average molecular weight is 244 g/mol. The number of aliphatic carboxylic acids is 1. The average Bonchev–Trinajstić information content (AvgIpc) is 2.15. The van der Waals surface area contributed by atoms with Gasteiger partial charge in [0, 0.05) is 19.1 Å². The van der Waals surface area contributed by atoms with Gasteiger partial charge in [-0.05, 0) is 40.2 Å². The van der Waals surface area contributed by atoms with Crippen LogP contribution in [0.25, 0.3) is 0 Å². The van der Waals surface area contributed by atoms with Crippen LogP contribution in [0.15, 0.2) is 0 Å². The Morgan fingerprint density at radius 2 is 1.88 bits per heavy atom. The summed E-state index contributed by atoms with van der Waals surface area (Å²) in [7, 11) is 2.05. The van der Waals surface area contributed by atoms with Crippen LogP contribution in [0.2, 0.25) is 0 Å². The molecule has 0 fully saturated rings. The van der Waals surface area contributed by atoms with E-state index in [9.17, 15) is 9.90 Å². The fourth-order valence-electron chi connectivity index (χ4n) is 1.82. The molecule has 4 heteroatoms. The van der Waals surface area contributed by atoms with Crippen molar-refractivity contribution in [2.45, 2.75) is 52.6 Å². The molecular formula is C13H28N2O2. The molecule has 0 aromatic carbocycles. The van der Waals surface area contributed by atoms with E-state index < -0.39 is 11.5 Å². The number of likely N-dealkylation sites (N-methyl/N-ethyl adjacent to an activating group) is 1. The number of rotatable bonds is 8. The fourth-order valence-corrected chi connectivity index (χ4v) is 1.82. The number of nitrogens with one attached hydrogen (secondary N) is 1. The summed E-state index contributed by atoms with van der Waals surface area (Å²) in [6.45, 7) is 11.7. The zero-order valence-electron chi connectivity index (χ0n) is 12.1. The minimum absolute atomic E-state index is 0.367. The SMILES string of the molecule is CC(C)CC(C)(NCCN(C)C(C)C)C(=O)O. The van der Waals surface area contributed by atoms with Crippen molar-refractivity contribution in [2.75, 3.05) is 20.1 Å². The Kier molecular flexibility index (Phi) is 6.72. The van der Waals surface area contributed by atoms with Crippen molar-refractivity contribution in [1.29, 1.82) is 0 Å². The van der Waals surface area contributed by atoms with Crippen LogP contribution in [-0.2, 0) is 4.79 Å². The molecule has 0 aromatic heterocycles. The Labute approximate surface area is 105 Å². The lowest BCUT2D eigenvalue weighted by Gasteiger charge is -2.30. The van der Waals surface area contributed by atoms with Crippen molar-refractivity contribution in [3.8, 4) is 0 Å². The van der Waals surface area contributed by atoms with Crippen molar-refractivity contribution in [1.82, 2.24) is 10.2 Å². The van der Waals surface area contributed by atoms with Crippen molar-refractivity contribution < 1.29 is 9.90 Å². The topological polar surface area (TPSA) is 52.6 Å². The maximum Gasteiger partial charge on any atom is 0.323 e. The van der Waals surface area contributed by atoms with Gasteiger partial charge in [-0.15, -0.1) is 0 Å². The molecule has 0 aliphatic heterocycles. The predicted molar refractivity (Wildman–Crippen MR) is 71.3 cm³/mol. The van der Waals surface area contributed by atoms with Gasteiger partial charge in [0.1, 0.15) is 5.54 Å². The molecule has 0 aromatic rings. The highest BCUT2D eigenvalue weighted by molar-refractivity contribution is 5.78. The van der Waals surface area contributed by atoms with Gasteiger partial charge < -0.3 is 15.3 Å². The van der Waals surface area contributed by atoms with Gasteiger partial charge in [-0.2, -0.15) is 0 Å². The second-order valence-electron chi connectivity index (χ2n) is 5.74. The van der Waals surface area contributed by atoms with E-state index in [2.05, 4.69) is 24.1 Å². The minimum Gasteiger partial charge on any atom is -0.480 e. The number of hydrogen-bond donors (Lipinski definition) is 2. The monoisotopic (exact) mass is 244 g/mol. The molecule has 0 saturated carbocycles. The summed E-state index contributed by atoms with van der Waals surface area (Å²) < 4.78 is 0. The van der Waals surface area contributed by atoms with Crippen LogP contribution in [0.4, 0.5) is 0 Å². The van der Waals surface area contributed by atoms with Gasteiger partial charge in [-0.3, -0.25) is 4.79 Å². The maximum absolute atomic E-state index is 11.3. The highest BCUT2D eigenvalue weighted by Crippen LogP contribution is 2.16. The number of carbonyl (C=O) groups is 1. The van der Waals surface area contributed by atoms with Crippen LogP contribution in [0, 0.1) is 5.92 Å². The van der Waals surface area contributed by atoms with Crippen LogP contribution in [0.1, 0.15) is 41.0 Å². The van der Waals surface area contributed by atoms with E-state index in [0.717, 1.165) is 6.54 Å². The lowest BCUT2D eigenvalue weighted by atomic mass is 9.91. The first-order chi connectivity index (χ1) is 7.69. The van der Waals surface area contributed by atoms with Gasteiger partial charge >= 0.3 is 5.97 Å². The van der Waals surface area contributed by atoms with E-state index in [0.29, 0.717) is 24.9 Å². The fraction of sp³-hybridized carbons (Fsp3) is 0.923. The molecule has 2 N–H and O–H groups in total. The molecule has 0 heterocycles. The standard InChI is InChI=1S/C13H28N2O2/c1-10(2)9-13(5,12(16)17)14-7-8-15(6)11(3)4/h10-11,14H,7-9H2,1-6H3,(H,16,17). The molecule has 1 unspecified atom stereocenters. The van der Waals surface area contributed by atoms with Crippen LogP contribution < -0.4 is 5.32 Å². The summed E-state index contributed by atoms with van der Waals surface area (Å²) in [6.07, 6.45) is 0.647. The Morgan fingerprint density at radius 3 is 2.24 bits per heavy atom. The van der Waals surface area contributed by atoms with E-state index >= 15 is 0 Å². The summed E-state index contributed by atoms with van der Waals surface area (Å²) in [4.78, 5) is 13.5. The van der Waals surface area contributed by atoms with E-state index in [-0.39, 0.29) is 0 Å². The molecule has 0 aliphatic carbocycles. The van der Waals surface area contributed by atoms with E-state index in [4.69, 9.17) is 0 Å². The van der Waals surface area contributed by atoms with Crippen molar-refractivity contribution in [3.05, 3.63) is 0 Å². The van der Waals surface area contributed by atoms with E-state index in [1.807, 2.05) is 20.9 Å². The van der Waals surface area contributed by atoms with Crippen LogP contribution in [-0.4, -0.2) is 47.7 Å². The molecule has 4 nitrogen and oxygen atoms in total. The summed E-state index contributed by atoms with van der Waals surface area (Å²) in [5.41, 5.74) is -0.814. The predicted octanol–water partition coefficient (Wildman–Crippen LogP) is 1.81. The van der Waals surface area contributed by atoms with Gasteiger partial charge in [0.25, 0.3) is 0 Å². The summed E-state index contributed by atoms with van der Waals surface area (Å²) in [5.74, 6) is -0.398. The van der Waals surface area contributed by atoms with Crippen molar-refractivity contribution in [3.63, 3.8) is 0 Å². The summed E-state index contributed by atoms with van der Waals surface area (Å²) in [6, 6.07) is 0.484. The summed E-state index contributed by atoms with van der Waals surface area (Å²) in [5, 5.41) is 12.5. The number of nitrogens with zero attached hydrogens (tertiary/aromatic N) is 1. The Hall–Kier alpha value is -0.610. The molecular weight excluding hydrogens is 216 g/mol. The van der Waals surface area contributed by atoms with Gasteiger partial charge in [0.05, 0.1) is 0 Å². The second-order valence-corrected chi connectivity index (χ2v) is 5.74. The normalized spacial score (nSPS) is 15.6. The first-order valence-electron chi connectivity index (χ1n) is 6.37. The van der Waals surface area contributed by atoms with Crippen molar-refractivity contribution in [2.24, 2.45) is 5.92 Å². The third kappa shape index (κ3) is 6.03. The van der Waals surface area contributed by atoms with Crippen LogP contribution in [0.5, 0.6) is 0 Å². The quantitative estimate of drug-likeness (QED) is 0.683. The lowest BCUT2D eigenvalue weighted by Crippen LogP contribution is -2.52. The van der Waals surface area contributed by atoms with E-state index in [1.165, 1.54) is 0 Å². The number of carboxylic acid groups (broad SMARTS) is 1. The van der Waals surface area contributed by atoms with Gasteiger partial charge in [0.15, 0.2) is 0 Å². The highest BCUT2D eigenvalue weighted by atomic mass is 16.4. The van der Waals surface area contributed by atoms with Crippen molar-refractivity contribution >= 4 is 5.97 Å². The summed E-state index contributed by atoms with van der Waals surface area (Å²) >= 11 is 0. The molecule has 1 atom stereocenters. The lowest BCUT2D eigenvalue weighted by molar-refractivity contribution is -0.144. The molecule has 0 saturated heterocycles. The Balaban J connectivity index is 4.23. The van der Waals surface area contributed by atoms with Gasteiger partial charge in [-0.25, -0.2) is 0 Å². The molecule has 0 aliphatic rings.